The second-order valence-electron chi connectivity index (χ2n) is 9.14. The van der Waals surface area contributed by atoms with Crippen LogP contribution < -0.4 is 5.32 Å². The second-order valence-corrected chi connectivity index (χ2v) is 10.2. The molecule has 2 N–H and O–H groups in total. The number of amides is 2. The van der Waals surface area contributed by atoms with Crippen molar-refractivity contribution in [1.29, 1.82) is 0 Å². The average molecular weight is 521 g/mol. The number of hydrogen-bond acceptors (Lipinski definition) is 8. The van der Waals surface area contributed by atoms with E-state index in [0.717, 1.165) is 36.3 Å². The van der Waals surface area contributed by atoms with E-state index in [9.17, 15) is 14.7 Å². The van der Waals surface area contributed by atoms with Crippen LogP contribution in [-0.4, -0.2) is 48.1 Å². The van der Waals surface area contributed by atoms with Crippen molar-refractivity contribution in [1.82, 2.24) is 30.4 Å². The lowest BCUT2D eigenvalue weighted by molar-refractivity contribution is -0.142. The summed E-state index contributed by atoms with van der Waals surface area (Å²) in [6.07, 6.45) is 3.99. The fraction of sp³-hybridized carbons (Fsp3) is 0.346. The first-order valence-corrected chi connectivity index (χ1v) is 13.1. The standard InChI is InChI=1S/C26H28N6O4S/c1-17-8-13-22(36-17)25-28-30-32(29-25)16-23(34)31(15-21-7-4-14-37-21)24(18-9-11-20(33)12-10-18)26(35)27-19-5-2-3-6-19/h4,7-14,19,24,33H,2-3,5-6,15-16H2,1H3,(H,27,35). The van der Waals surface area contributed by atoms with Gasteiger partial charge in [0.25, 0.3) is 0 Å². The van der Waals surface area contributed by atoms with Gasteiger partial charge in [-0.05, 0) is 66.3 Å². The van der Waals surface area contributed by atoms with E-state index in [-0.39, 0.29) is 42.5 Å². The molecule has 1 atom stereocenters. The van der Waals surface area contributed by atoms with Gasteiger partial charge in [-0.3, -0.25) is 9.59 Å². The molecular weight excluding hydrogens is 492 g/mol. The summed E-state index contributed by atoms with van der Waals surface area (Å²) in [5, 5.41) is 27.3. The molecule has 0 bridgehead atoms. The fourth-order valence-electron chi connectivity index (χ4n) is 4.55. The van der Waals surface area contributed by atoms with Crippen LogP contribution in [-0.2, 0) is 22.7 Å². The smallest absolute Gasteiger partial charge is 0.247 e. The first kappa shape index (κ1) is 24.7. The van der Waals surface area contributed by atoms with Crippen molar-refractivity contribution in [3.05, 3.63) is 70.1 Å². The average Bonchev–Trinajstić information content (AvgIpc) is 3.69. The van der Waals surface area contributed by atoms with E-state index in [0.29, 0.717) is 11.3 Å². The van der Waals surface area contributed by atoms with Gasteiger partial charge in [0.2, 0.25) is 17.6 Å². The molecule has 3 heterocycles. The molecule has 1 unspecified atom stereocenters. The van der Waals surface area contributed by atoms with Crippen LogP contribution in [0.25, 0.3) is 11.6 Å². The molecule has 1 aromatic carbocycles. The zero-order chi connectivity index (χ0) is 25.8. The van der Waals surface area contributed by atoms with Gasteiger partial charge in [0, 0.05) is 10.9 Å². The predicted octanol–water partition coefficient (Wildman–Crippen LogP) is 3.84. The lowest BCUT2D eigenvalue weighted by Crippen LogP contribution is -2.46. The molecule has 0 saturated heterocycles. The maximum absolute atomic E-state index is 13.8. The summed E-state index contributed by atoms with van der Waals surface area (Å²) < 4.78 is 5.56. The highest BCUT2D eigenvalue weighted by Crippen LogP contribution is 2.28. The Bertz CT molecular complexity index is 1340. The summed E-state index contributed by atoms with van der Waals surface area (Å²) in [5.74, 6) is 0.953. The Hall–Kier alpha value is -3.99. The van der Waals surface area contributed by atoms with E-state index in [1.807, 2.05) is 24.4 Å². The van der Waals surface area contributed by atoms with Crippen LogP contribution in [0.5, 0.6) is 5.75 Å². The first-order chi connectivity index (χ1) is 18.0. The highest BCUT2D eigenvalue weighted by atomic mass is 32.1. The largest absolute Gasteiger partial charge is 0.508 e. The third-order valence-corrected chi connectivity index (χ3v) is 7.25. The molecule has 2 amide bonds. The van der Waals surface area contributed by atoms with E-state index < -0.39 is 6.04 Å². The molecule has 5 rings (SSSR count). The fourth-order valence-corrected chi connectivity index (χ4v) is 5.25. The molecule has 37 heavy (non-hydrogen) atoms. The highest BCUT2D eigenvalue weighted by molar-refractivity contribution is 7.09. The van der Waals surface area contributed by atoms with Gasteiger partial charge in [-0.1, -0.05) is 31.0 Å². The summed E-state index contributed by atoms with van der Waals surface area (Å²) in [6, 6.07) is 13.0. The first-order valence-electron chi connectivity index (χ1n) is 12.2. The summed E-state index contributed by atoms with van der Waals surface area (Å²) in [4.78, 5) is 31.1. The van der Waals surface area contributed by atoms with Crippen molar-refractivity contribution in [2.45, 2.75) is 57.8 Å². The van der Waals surface area contributed by atoms with Crippen molar-refractivity contribution in [2.24, 2.45) is 0 Å². The number of aromatic nitrogens is 4. The molecule has 0 aliphatic heterocycles. The van der Waals surface area contributed by atoms with Crippen LogP contribution >= 0.6 is 11.3 Å². The SMILES string of the molecule is Cc1ccc(-c2nnn(CC(=O)N(Cc3cccs3)C(C(=O)NC3CCCC3)c3ccc(O)cc3)n2)o1. The number of aromatic hydroxyl groups is 1. The minimum Gasteiger partial charge on any atom is -0.508 e. The van der Waals surface area contributed by atoms with E-state index in [2.05, 4.69) is 20.7 Å². The Morgan fingerprint density at radius 1 is 1.19 bits per heavy atom. The Kier molecular flexibility index (Phi) is 7.31. The van der Waals surface area contributed by atoms with Gasteiger partial charge in [0.05, 0.1) is 6.54 Å². The zero-order valence-electron chi connectivity index (χ0n) is 20.4. The van der Waals surface area contributed by atoms with Crippen molar-refractivity contribution >= 4 is 23.2 Å². The van der Waals surface area contributed by atoms with Gasteiger partial charge in [-0.15, -0.1) is 21.5 Å². The van der Waals surface area contributed by atoms with Crippen LogP contribution in [0.15, 0.2) is 58.3 Å². The number of phenolic OH excluding ortho intramolecular Hbond substituents is 1. The number of rotatable bonds is 9. The number of carbonyl (C=O) groups excluding carboxylic acids is 2. The van der Waals surface area contributed by atoms with Crippen LogP contribution in [0.4, 0.5) is 0 Å². The maximum atomic E-state index is 13.8. The number of phenols is 1. The molecule has 1 fully saturated rings. The monoisotopic (exact) mass is 520 g/mol. The molecule has 11 heteroatoms. The topological polar surface area (TPSA) is 126 Å². The van der Waals surface area contributed by atoms with Gasteiger partial charge < -0.3 is 19.7 Å². The van der Waals surface area contributed by atoms with Gasteiger partial charge in [0.1, 0.15) is 24.1 Å². The van der Waals surface area contributed by atoms with Gasteiger partial charge in [-0.2, -0.15) is 4.80 Å². The van der Waals surface area contributed by atoms with E-state index >= 15 is 0 Å². The lowest BCUT2D eigenvalue weighted by atomic mass is 10.0. The minimum atomic E-state index is -0.897. The van der Waals surface area contributed by atoms with E-state index in [1.165, 1.54) is 28.3 Å². The number of benzene rings is 1. The van der Waals surface area contributed by atoms with Crippen molar-refractivity contribution < 1.29 is 19.1 Å². The number of tetrazole rings is 1. The van der Waals surface area contributed by atoms with Gasteiger partial charge in [-0.25, -0.2) is 0 Å². The summed E-state index contributed by atoms with van der Waals surface area (Å²) in [5.41, 5.74) is 0.608. The quantitative estimate of drug-likeness (QED) is 0.343. The van der Waals surface area contributed by atoms with Crippen LogP contribution in [0, 0.1) is 6.92 Å². The second kappa shape index (κ2) is 11.0. The van der Waals surface area contributed by atoms with Crippen LogP contribution in [0.3, 0.4) is 0 Å². The Labute approximate surface area is 217 Å². The minimum absolute atomic E-state index is 0.0853. The Morgan fingerprint density at radius 2 is 1.97 bits per heavy atom. The van der Waals surface area contributed by atoms with Gasteiger partial charge in [0.15, 0.2) is 5.76 Å². The number of nitrogens with one attached hydrogen (secondary N) is 1. The Morgan fingerprint density at radius 3 is 2.65 bits per heavy atom. The maximum Gasteiger partial charge on any atom is 0.247 e. The predicted molar refractivity (Wildman–Crippen MR) is 136 cm³/mol. The summed E-state index contributed by atoms with van der Waals surface area (Å²) in [7, 11) is 0. The van der Waals surface area contributed by atoms with E-state index in [1.54, 1.807) is 29.2 Å². The molecule has 0 radical (unpaired) electrons. The molecule has 1 saturated carbocycles. The summed E-state index contributed by atoms with van der Waals surface area (Å²) in [6.45, 7) is 1.85. The number of hydrogen-bond donors (Lipinski definition) is 2. The van der Waals surface area contributed by atoms with Crippen molar-refractivity contribution in [3.8, 4) is 17.3 Å². The molecule has 10 nitrogen and oxygen atoms in total. The zero-order valence-corrected chi connectivity index (χ0v) is 21.2. The molecular formula is C26H28N6O4S. The van der Waals surface area contributed by atoms with Crippen molar-refractivity contribution in [3.63, 3.8) is 0 Å². The lowest BCUT2D eigenvalue weighted by Gasteiger charge is -2.32. The van der Waals surface area contributed by atoms with Crippen molar-refractivity contribution in [2.75, 3.05) is 0 Å². The molecule has 1 aliphatic rings. The molecule has 4 aromatic rings. The third kappa shape index (κ3) is 5.88. The van der Waals surface area contributed by atoms with Crippen LogP contribution in [0.1, 0.15) is 47.9 Å². The number of aryl methyl sites for hydroxylation is 1. The highest BCUT2D eigenvalue weighted by Gasteiger charge is 2.34. The Balaban J connectivity index is 1.44. The molecule has 1 aliphatic carbocycles. The number of nitrogens with zero attached hydrogens (tertiary/aromatic N) is 5. The molecule has 0 spiro atoms. The van der Waals surface area contributed by atoms with E-state index in [4.69, 9.17) is 4.42 Å². The van der Waals surface area contributed by atoms with Crippen LogP contribution in [0.2, 0.25) is 0 Å². The number of carbonyl (C=O) groups is 2. The number of furan rings is 1. The normalized spacial score (nSPS) is 14.5. The van der Waals surface area contributed by atoms with Gasteiger partial charge >= 0.3 is 0 Å². The number of thiophene rings is 1. The molecule has 192 valence electrons. The summed E-state index contributed by atoms with van der Waals surface area (Å²) >= 11 is 1.51. The third-order valence-electron chi connectivity index (χ3n) is 6.39. The molecule has 3 aromatic heterocycles.